The number of hydrogen-bond acceptors (Lipinski definition) is 6. The van der Waals surface area contributed by atoms with E-state index in [-0.39, 0.29) is 5.82 Å². The van der Waals surface area contributed by atoms with Crippen LogP contribution in [-0.4, -0.2) is 68.8 Å². The van der Waals surface area contributed by atoms with Crippen LogP contribution in [0.25, 0.3) is 55.8 Å². The molecule has 43 heavy (non-hydrogen) atoms. The van der Waals surface area contributed by atoms with Crippen LogP contribution in [0.4, 0.5) is 10.1 Å². The van der Waals surface area contributed by atoms with Gasteiger partial charge < -0.3 is 14.8 Å². The van der Waals surface area contributed by atoms with E-state index in [9.17, 15) is 4.39 Å². The summed E-state index contributed by atoms with van der Waals surface area (Å²) in [4.78, 5) is 21.8. The molecule has 220 valence electrons. The molecule has 7 rings (SSSR count). The van der Waals surface area contributed by atoms with Crippen molar-refractivity contribution in [1.29, 1.82) is 0 Å². The van der Waals surface area contributed by atoms with Gasteiger partial charge in [0.25, 0.3) is 0 Å². The largest absolute Gasteiger partial charge is 0.376 e. The number of benzene rings is 2. The van der Waals surface area contributed by atoms with E-state index in [0.717, 1.165) is 55.6 Å². The molecule has 1 fully saturated rings. The van der Waals surface area contributed by atoms with Crippen LogP contribution >= 0.6 is 0 Å². The second kappa shape index (κ2) is 12.3. The fourth-order valence-electron chi connectivity index (χ4n) is 5.66. The van der Waals surface area contributed by atoms with E-state index >= 15 is 0 Å². The number of fused-ring (bicyclic) bond motifs is 2. The molecule has 9 heteroatoms. The van der Waals surface area contributed by atoms with E-state index in [2.05, 4.69) is 43.0 Å². The fourth-order valence-corrected chi connectivity index (χ4v) is 5.66. The quantitative estimate of drug-likeness (QED) is 0.217. The number of nitrogens with one attached hydrogen (secondary N) is 2. The number of halogens is 1. The van der Waals surface area contributed by atoms with Crippen molar-refractivity contribution in [3.8, 4) is 33.9 Å². The van der Waals surface area contributed by atoms with E-state index in [4.69, 9.17) is 4.98 Å². The van der Waals surface area contributed by atoms with Gasteiger partial charge in [0.05, 0.1) is 40.3 Å². The highest BCUT2D eigenvalue weighted by Gasteiger charge is 2.17. The summed E-state index contributed by atoms with van der Waals surface area (Å²) in [6.07, 6.45) is 9.57. The Labute approximate surface area is 251 Å². The monoisotopic (exact) mass is 576 g/mol. The number of H-pyrrole nitrogens is 2. The van der Waals surface area contributed by atoms with E-state index in [1.807, 2.05) is 62.4 Å². The van der Waals surface area contributed by atoms with Gasteiger partial charge in [-0.2, -0.15) is 5.10 Å². The third-order valence-electron chi connectivity index (χ3n) is 7.81. The molecular weight excluding hydrogens is 539 g/mol. The Bertz CT molecular complexity index is 1850. The fraction of sp³-hybridized carbons (Fsp3) is 0.294. The zero-order valence-corrected chi connectivity index (χ0v) is 25.2. The second-order valence-electron chi connectivity index (χ2n) is 11.4. The molecule has 0 unspecified atom stereocenters. The zero-order valence-electron chi connectivity index (χ0n) is 25.2. The number of aromatic amines is 2. The Balaban J connectivity index is 0.000000359. The number of hydrogen-bond donors (Lipinski definition) is 2. The van der Waals surface area contributed by atoms with Crippen molar-refractivity contribution in [3.63, 3.8) is 0 Å². The lowest BCUT2D eigenvalue weighted by Crippen LogP contribution is -2.19. The number of pyridine rings is 2. The Morgan fingerprint density at radius 1 is 0.953 bits per heavy atom. The van der Waals surface area contributed by atoms with Crippen molar-refractivity contribution in [1.82, 2.24) is 35.0 Å². The zero-order chi connectivity index (χ0) is 29.9. The Kier molecular flexibility index (Phi) is 8.16. The Morgan fingerprint density at radius 2 is 1.79 bits per heavy atom. The molecule has 1 aliphatic heterocycles. The molecule has 0 amide bonds. The third kappa shape index (κ3) is 6.12. The molecule has 1 aliphatic rings. The van der Waals surface area contributed by atoms with Gasteiger partial charge in [-0.1, -0.05) is 25.1 Å². The van der Waals surface area contributed by atoms with Crippen LogP contribution in [0, 0.1) is 12.7 Å². The van der Waals surface area contributed by atoms with Crippen LogP contribution in [0.2, 0.25) is 0 Å². The van der Waals surface area contributed by atoms with Crippen LogP contribution in [0.15, 0.2) is 67.1 Å². The lowest BCUT2D eigenvalue weighted by Gasteiger charge is -2.12. The Hall–Kier alpha value is -4.63. The van der Waals surface area contributed by atoms with Gasteiger partial charge in [-0.15, -0.1) is 0 Å². The van der Waals surface area contributed by atoms with Gasteiger partial charge in [0.2, 0.25) is 0 Å². The van der Waals surface area contributed by atoms with Gasteiger partial charge in [0, 0.05) is 36.8 Å². The number of aromatic nitrogens is 6. The number of likely N-dealkylation sites (tertiary alicyclic amines) is 1. The van der Waals surface area contributed by atoms with E-state index in [0.29, 0.717) is 11.5 Å². The highest BCUT2D eigenvalue weighted by atomic mass is 19.1. The number of imidazole rings is 1. The third-order valence-corrected chi connectivity index (χ3v) is 7.81. The van der Waals surface area contributed by atoms with Crippen LogP contribution < -0.4 is 4.90 Å². The summed E-state index contributed by atoms with van der Waals surface area (Å²) in [7, 11) is 3.96. The number of para-hydroxylation sites is 1. The molecule has 2 N–H and O–H groups in total. The van der Waals surface area contributed by atoms with Crippen molar-refractivity contribution in [3.05, 3.63) is 78.5 Å². The SMILES string of the molecule is CCCN1CCCC1.Cc1cc(F)cc(-c2cccc3[nH]c(-c4n[nH]c5cnc(-c6cncc(N(C)C)c6)cc45)nc23)c1. The Morgan fingerprint density at radius 3 is 2.56 bits per heavy atom. The smallest absolute Gasteiger partial charge is 0.159 e. The minimum absolute atomic E-state index is 0.265. The average molecular weight is 577 g/mol. The molecule has 0 aliphatic carbocycles. The molecule has 0 saturated carbocycles. The van der Waals surface area contributed by atoms with Gasteiger partial charge in [-0.25, -0.2) is 9.37 Å². The van der Waals surface area contributed by atoms with Gasteiger partial charge in [-0.05, 0) is 87.3 Å². The maximum atomic E-state index is 14.1. The van der Waals surface area contributed by atoms with Crippen molar-refractivity contribution >= 4 is 27.6 Å². The summed E-state index contributed by atoms with van der Waals surface area (Å²) in [5.74, 6) is 0.364. The standard InChI is InChI=1S/C27H22FN7.C7H15N/c1-15-7-16(9-18(28)8-15)20-5-4-6-22-25(20)32-27(31-22)26-21-11-23(30-14-24(21)33-34-26)17-10-19(35(2)3)13-29-12-17;1-2-5-8-6-3-4-7-8/h4-14H,1-3H3,(H,31,32)(H,33,34);2-7H2,1H3. The van der Waals surface area contributed by atoms with E-state index < -0.39 is 0 Å². The molecule has 0 spiro atoms. The van der Waals surface area contributed by atoms with E-state index in [1.165, 1.54) is 51.0 Å². The van der Waals surface area contributed by atoms with Crippen molar-refractivity contribution in [2.75, 3.05) is 38.6 Å². The first-order chi connectivity index (χ1) is 20.9. The van der Waals surface area contributed by atoms with Gasteiger partial charge >= 0.3 is 0 Å². The van der Waals surface area contributed by atoms with Crippen molar-refractivity contribution in [2.24, 2.45) is 0 Å². The highest BCUT2D eigenvalue weighted by molar-refractivity contribution is 5.97. The van der Waals surface area contributed by atoms with Gasteiger partial charge in [0.1, 0.15) is 11.5 Å². The molecule has 8 nitrogen and oxygen atoms in total. The number of rotatable bonds is 6. The lowest BCUT2D eigenvalue weighted by molar-refractivity contribution is 0.339. The maximum Gasteiger partial charge on any atom is 0.159 e. The summed E-state index contributed by atoms with van der Waals surface area (Å²) in [5, 5.41) is 8.48. The van der Waals surface area contributed by atoms with Crippen LogP contribution in [0.5, 0.6) is 0 Å². The normalized spacial score (nSPS) is 13.4. The topological polar surface area (TPSA) is 89.6 Å². The second-order valence-corrected chi connectivity index (χ2v) is 11.4. The number of anilines is 1. The summed E-state index contributed by atoms with van der Waals surface area (Å²) >= 11 is 0. The number of nitrogens with zero attached hydrogens (tertiary/aromatic N) is 6. The van der Waals surface area contributed by atoms with Crippen molar-refractivity contribution < 1.29 is 4.39 Å². The minimum atomic E-state index is -0.265. The molecule has 4 aromatic heterocycles. The molecule has 5 heterocycles. The van der Waals surface area contributed by atoms with E-state index in [1.54, 1.807) is 12.4 Å². The molecule has 0 radical (unpaired) electrons. The maximum absolute atomic E-state index is 14.1. The summed E-state index contributed by atoms with van der Waals surface area (Å²) in [5.41, 5.74) is 8.34. The number of aryl methyl sites for hydroxylation is 1. The molecule has 1 saturated heterocycles. The van der Waals surface area contributed by atoms with Crippen LogP contribution in [0.3, 0.4) is 0 Å². The molecular formula is C34H37FN8. The van der Waals surface area contributed by atoms with Crippen LogP contribution in [0.1, 0.15) is 31.7 Å². The summed E-state index contributed by atoms with van der Waals surface area (Å²) in [6.45, 7) is 8.16. The van der Waals surface area contributed by atoms with Crippen molar-refractivity contribution in [2.45, 2.75) is 33.1 Å². The van der Waals surface area contributed by atoms with Gasteiger partial charge in [0.15, 0.2) is 5.82 Å². The summed E-state index contributed by atoms with van der Waals surface area (Å²) < 4.78 is 14.1. The first-order valence-corrected chi connectivity index (χ1v) is 14.9. The predicted octanol–water partition coefficient (Wildman–Crippen LogP) is 7.24. The minimum Gasteiger partial charge on any atom is -0.376 e. The molecule has 0 bridgehead atoms. The molecule has 6 aromatic rings. The predicted molar refractivity (Wildman–Crippen MR) is 173 cm³/mol. The first-order valence-electron chi connectivity index (χ1n) is 14.9. The average Bonchev–Trinajstić information content (AvgIpc) is 3.76. The molecule has 2 aromatic carbocycles. The lowest BCUT2D eigenvalue weighted by atomic mass is 10.0. The molecule has 0 atom stereocenters. The first kappa shape index (κ1) is 28.5. The summed E-state index contributed by atoms with van der Waals surface area (Å²) in [6, 6.07) is 14.9. The highest BCUT2D eigenvalue weighted by Crippen LogP contribution is 2.33. The van der Waals surface area contributed by atoms with Crippen LogP contribution in [-0.2, 0) is 0 Å². The van der Waals surface area contributed by atoms with Gasteiger partial charge in [-0.3, -0.25) is 15.1 Å².